The molecule has 18 heavy (non-hydrogen) atoms. The summed E-state index contributed by atoms with van der Waals surface area (Å²) in [7, 11) is 0. The van der Waals surface area contributed by atoms with Crippen LogP contribution in [0.4, 0.5) is 0 Å². The van der Waals surface area contributed by atoms with E-state index in [4.69, 9.17) is 4.74 Å². The van der Waals surface area contributed by atoms with Gasteiger partial charge in [-0.25, -0.2) is 4.98 Å². The molecular weight excluding hydrogens is 300 g/mol. The molecule has 1 fully saturated rings. The van der Waals surface area contributed by atoms with Crippen LogP contribution in [0.1, 0.15) is 23.2 Å². The molecule has 2 heterocycles. The summed E-state index contributed by atoms with van der Waals surface area (Å²) in [6.07, 6.45) is 2.69. The van der Waals surface area contributed by atoms with Crippen LogP contribution in [-0.4, -0.2) is 41.4 Å². The van der Waals surface area contributed by atoms with Crippen LogP contribution < -0.4 is 5.32 Å². The van der Waals surface area contributed by atoms with Gasteiger partial charge in [0.05, 0.1) is 11.2 Å². The Morgan fingerprint density at radius 1 is 1.56 bits per heavy atom. The minimum atomic E-state index is -0.859. The van der Waals surface area contributed by atoms with Gasteiger partial charge in [0.1, 0.15) is 4.60 Å². The number of rotatable bonds is 3. The van der Waals surface area contributed by atoms with E-state index in [-0.39, 0.29) is 12.5 Å². The Bertz CT molecular complexity index is 433. The summed E-state index contributed by atoms with van der Waals surface area (Å²) in [5, 5.41) is 12.9. The van der Waals surface area contributed by atoms with E-state index in [1.54, 1.807) is 18.3 Å². The van der Waals surface area contributed by atoms with Gasteiger partial charge in [-0.2, -0.15) is 0 Å². The second kappa shape index (κ2) is 5.77. The molecule has 0 bridgehead atoms. The van der Waals surface area contributed by atoms with E-state index >= 15 is 0 Å². The second-order valence-corrected chi connectivity index (χ2v) is 5.11. The summed E-state index contributed by atoms with van der Waals surface area (Å²) < 4.78 is 5.69. The van der Waals surface area contributed by atoms with Crippen LogP contribution in [0.25, 0.3) is 0 Å². The van der Waals surface area contributed by atoms with Gasteiger partial charge < -0.3 is 15.2 Å². The zero-order chi connectivity index (χ0) is 13.0. The predicted octanol–water partition coefficient (Wildman–Crippen LogP) is 1.12. The lowest BCUT2D eigenvalue weighted by atomic mass is 9.94. The van der Waals surface area contributed by atoms with Crippen molar-refractivity contribution in [2.75, 3.05) is 19.8 Å². The number of hydrogen-bond acceptors (Lipinski definition) is 4. The average molecular weight is 315 g/mol. The number of nitrogens with one attached hydrogen (secondary N) is 1. The molecule has 0 unspecified atom stereocenters. The Balaban J connectivity index is 1.94. The fourth-order valence-corrected chi connectivity index (χ4v) is 2.25. The third-order valence-electron chi connectivity index (χ3n) is 3.01. The molecule has 0 aromatic carbocycles. The molecule has 1 amide bonds. The lowest BCUT2D eigenvalue weighted by molar-refractivity contribution is -0.0605. The first kappa shape index (κ1) is 13.5. The van der Waals surface area contributed by atoms with Gasteiger partial charge in [-0.1, -0.05) is 0 Å². The third-order valence-corrected chi connectivity index (χ3v) is 3.64. The van der Waals surface area contributed by atoms with Crippen molar-refractivity contribution in [3.8, 4) is 0 Å². The number of aliphatic hydroxyl groups is 1. The first-order chi connectivity index (χ1) is 8.61. The average Bonchev–Trinajstić information content (AvgIpc) is 2.38. The van der Waals surface area contributed by atoms with Gasteiger partial charge in [-0.05, 0) is 28.1 Å². The van der Waals surface area contributed by atoms with E-state index in [0.717, 1.165) is 0 Å². The summed E-state index contributed by atoms with van der Waals surface area (Å²) in [6, 6.07) is 3.38. The minimum Gasteiger partial charge on any atom is -0.388 e. The standard InChI is InChI=1S/C12H15BrN2O3/c13-10-9(2-1-5-14-10)11(16)15-8-12(17)3-6-18-7-4-12/h1-2,5,17H,3-4,6-8H2,(H,15,16). The first-order valence-electron chi connectivity index (χ1n) is 5.80. The molecule has 0 aliphatic carbocycles. The molecular formula is C12H15BrN2O3. The summed E-state index contributed by atoms with van der Waals surface area (Å²) in [6.45, 7) is 1.29. The van der Waals surface area contributed by atoms with Crippen molar-refractivity contribution in [1.29, 1.82) is 0 Å². The number of amides is 1. The highest BCUT2D eigenvalue weighted by Crippen LogP contribution is 2.20. The summed E-state index contributed by atoms with van der Waals surface area (Å²) in [5.41, 5.74) is -0.393. The normalized spacial score (nSPS) is 18.3. The lowest BCUT2D eigenvalue weighted by Gasteiger charge is -2.32. The number of carbonyl (C=O) groups is 1. The molecule has 2 N–H and O–H groups in total. The molecule has 0 saturated carbocycles. The molecule has 1 saturated heterocycles. The van der Waals surface area contributed by atoms with Crippen molar-refractivity contribution in [3.05, 3.63) is 28.5 Å². The zero-order valence-corrected chi connectivity index (χ0v) is 11.4. The first-order valence-corrected chi connectivity index (χ1v) is 6.59. The number of carbonyl (C=O) groups excluding carboxylic acids is 1. The Labute approximate surface area is 114 Å². The van der Waals surface area contributed by atoms with E-state index in [1.165, 1.54) is 0 Å². The minimum absolute atomic E-state index is 0.233. The van der Waals surface area contributed by atoms with Gasteiger partial charge in [0.2, 0.25) is 0 Å². The molecule has 1 aliphatic heterocycles. The Hall–Kier alpha value is -0.980. The Morgan fingerprint density at radius 2 is 2.28 bits per heavy atom. The highest BCUT2D eigenvalue weighted by atomic mass is 79.9. The number of nitrogens with zero attached hydrogens (tertiary/aromatic N) is 1. The van der Waals surface area contributed by atoms with Crippen molar-refractivity contribution >= 4 is 21.8 Å². The van der Waals surface area contributed by atoms with Gasteiger partial charge in [0.25, 0.3) is 5.91 Å². The highest BCUT2D eigenvalue weighted by molar-refractivity contribution is 9.10. The number of pyridine rings is 1. The van der Waals surface area contributed by atoms with E-state index < -0.39 is 5.60 Å². The number of ether oxygens (including phenoxy) is 1. The number of hydrogen-bond donors (Lipinski definition) is 2. The van der Waals surface area contributed by atoms with Crippen molar-refractivity contribution in [1.82, 2.24) is 10.3 Å². The van der Waals surface area contributed by atoms with Crippen molar-refractivity contribution < 1.29 is 14.6 Å². The molecule has 0 atom stereocenters. The van der Waals surface area contributed by atoms with Crippen molar-refractivity contribution in [2.24, 2.45) is 0 Å². The van der Waals surface area contributed by atoms with Crippen LogP contribution in [-0.2, 0) is 4.74 Å². The smallest absolute Gasteiger partial charge is 0.254 e. The van der Waals surface area contributed by atoms with E-state index in [9.17, 15) is 9.90 Å². The molecule has 0 spiro atoms. The Morgan fingerprint density at radius 3 is 2.94 bits per heavy atom. The summed E-state index contributed by atoms with van der Waals surface area (Å²) in [4.78, 5) is 15.9. The Kier molecular flexibility index (Phi) is 4.31. The van der Waals surface area contributed by atoms with Gasteiger partial charge >= 0.3 is 0 Å². The summed E-state index contributed by atoms with van der Waals surface area (Å²) >= 11 is 3.22. The number of halogens is 1. The topological polar surface area (TPSA) is 71.5 Å². The number of aromatic nitrogens is 1. The molecule has 5 nitrogen and oxygen atoms in total. The maximum absolute atomic E-state index is 11.9. The fourth-order valence-electron chi connectivity index (χ4n) is 1.82. The van der Waals surface area contributed by atoms with Gasteiger partial charge in [0, 0.05) is 38.8 Å². The predicted molar refractivity (Wildman–Crippen MR) is 69.3 cm³/mol. The SMILES string of the molecule is O=C(NCC1(O)CCOCC1)c1cccnc1Br. The monoisotopic (exact) mass is 314 g/mol. The zero-order valence-electron chi connectivity index (χ0n) is 9.86. The van der Waals surface area contributed by atoms with E-state index in [1.807, 2.05) is 0 Å². The fraction of sp³-hybridized carbons (Fsp3) is 0.500. The quantitative estimate of drug-likeness (QED) is 0.820. The molecule has 1 aromatic rings. The lowest BCUT2D eigenvalue weighted by Crippen LogP contribution is -2.46. The van der Waals surface area contributed by atoms with Gasteiger partial charge in [0.15, 0.2) is 0 Å². The molecule has 0 radical (unpaired) electrons. The van der Waals surface area contributed by atoms with E-state index in [2.05, 4.69) is 26.2 Å². The van der Waals surface area contributed by atoms with E-state index in [0.29, 0.717) is 36.2 Å². The molecule has 2 rings (SSSR count). The maximum atomic E-state index is 11.9. The maximum Gasteiger partial charge on any atom is 0.254 e. The van der Waals surface area contributed by atoms with Crippen molar-refractivity contribution in [3.63, 3.8) is 0 Å². The van der Waals surface area contributed by atoms with Crippen molar-refractivity contribution in [2.45, 2.75) is 18.4 Å². The van der Waals surface area contributed by atoms with Crippen LogP contribution in [0.5, 0.6) is 0 Å². The molecule has 1 aromatic heterocycles. The molecule has 1 aliphatic rings. The van der Waals surface area contributed by atoms with Gasteiger partial charge in [-0.15, -0.1) is 0 Å². The highest BCUT2D eigenvalue weighted by Gasteiger charge is 2.30. The van der Waals surface area contributed by atoms with Crippen LogP contribution in [0.3, 0.4) is 0 Å². The van der Waals surface area contributed by atoms with Crippen LogP contribution in [0, 0.1) is 0 Å². The summed E-state index contributed by atoms with van der Waals surface area (Å²) in [5.74, 6) is -0.241. The van der Waals surface area contributed by atoms with Gasteiger partial charge in [-0.3, -0.25) is 4.79 Å². The van der Waals surface area contributed by atoms with Crippen LogP contribution >= 0.6 is 15.9 Å². The molecule has 6 heteroatoms. The third kappa shape index (κ3) is 3.28. The molecule has 98 valence electrons. The second-order valence-electron chi connectivity index (χ2n) is 4.36. The van der Waals surface area contributed by atoms with Crippen LogP contribution in [0.15, 0.2) is 22.9 Å². The van der Waals surface area contributed by atoms with Crippen LogP contribution in [0.2, 0.25) is 0 Å². The largest absolute Gasteiger partial charge is 0.388 e.